The number of nitrogens with one attached hydrogen (secondary N) is 1. The Balaban J connectivity index is 2.20. The molecule has 1 amide bonds. The Hall–Kier alpha value is -1.91. The molecule has 1 N–H and O–H groups in total. The molecule has 1 aromatic carbocycles. The molecule has 10 heteroatoms. The minimum Gasteiger partial charge on any atom is -0.299 e. The molecule has 0 radical (unpaired) electrons. The van der Waals surface area contributed by atoms with Gasteiger partial charge in [0.2, 0.25) is 21.1 Å². The summed E-state index contributed by atoms with van der Waals surface area (Å²) in [4.78, 5) is 12.6. The molecular formula is C16H20N4O3S3. The number of amides is 1. The molecule has 1 unspecified atom stereocenters. The van der Waals surface area contributed by atoms with Gasteiger partial charge in [-0.2, -0.15) is 0 Å². The molecule has 0 saturated heterocycles. The highest BCUT2D eigenvalue weighted by Gasteiger charge is 2.29. The summed E-state index contributed by atoms with van der Waals surface area (Å²) < 4.78 is 26.3. The Morgan fingerprint density at radius 2 is 2.19 bits per heavy atom. The summed E-state index contributed by atoms with van der Waals surface area (Å²) in [6.45, 7) is 7.03. The molecule has 2 rings (SSSR count). The number of benzene rings is 1. The van der Waals surface area contributed by atoms with E-state index in [9.17, 15) is 13.2 Å². The van der Waals surface area contributed by atoms with Crippen molar-refractivity contribution in [1.82, 2.24) is 10.2 Å². The standard InChI is InChI=1S/C16H20N4O3S3/c1-5-9-24-16-19-18-15(25-16)17-14(21)12(3)20(26(4,22)23)13-8-6-7-11(2)10-13/h5-8,10,12H,1,9H2,2-4H3,(H,17,18,21). The molecule has 1 aromatic heterocycles. The maximum absolute atomic E-state index is 12.6. The number of nitrogens with zero attached hydrogens (tertiary/aromatic N) is 3. The van der Waals surface area contributed by atoms with E-state index in [1.165, 1.54) is 30.0 Å². The van der Waals surface area contributed by atoms with E-state index < -0.39 is 22.0 Å². The van der Waals surface area contributed by atoms with Gasteiger partial charge in [0.25, 0.3) is 0 Å². The van der Waals surface area contributed by atoms with Crippen LogP contribution in [0.5, 0.6) is 0 Å². The third-order valence-corrected chi connectivity index (χ3v) is 6.52. The zero-order valence-electron chi connectivity index (χ0n) is 14.7. The van der Waals surface area contributed by atoms with Crippen molar-refractivity contribution < 1.29 is 13.2 Å². The quantitative estimate of drug-likeness (QED) is 0.407. The Kier molecular flexibility index (Phi) is 6.79. The molecule has 0 spiro atoms. The van der Waals surface area contributed by atoms with Crippen molar-refractivity contribution >= 4 is 49.8 Å². The molecule has 140 valence electrons. The van der Waals surface area contributed by atoms with Crippen LogP contribution in [-0.2, 0) is 14.8 Å². The van der Waals surface area contributed by atoms with Gasteiger partial charge in [0, 0.05) is 5.75 Å². The largest absolute Gasteiger partial charge is 0.299 e. The van der Waals surface area contributed by atoms with Gasteiger partial charge in [0.15, 0.2) is 4.34 Å². The second-order valence-corrected chi connectivity index (χ2v) is 9.64. The minimum atomic E-state index is -3.65. The lowest BCUT2D eigenvalue weighted by atomic mass is 10.2. The van der Waals surface area contributed by atoms with Crippen LogP contribution in [-0.4, -0.2) is 42.6 Å². The zero-order valence-corrected chi connectivity index (χ0v) is 17.1. The van der Waals surface area contributed by atoms with Gasteiger partial charge in [-0.3, -0.25) is 14.4 Å². The second-order valence-electron chi connectivity index (χ2n) is 5.54. The van der Waals surface area contributed by atoms with E-state index in [-0.39, 0.29) is 0 Å². The molecule has 0 aliphatic rings. The van der Waals surface area contributed by atoms with Crippen molar-refractivity contribution in [3.63, 3.8) is 0 Å². The zero-order chi connectivity index (χ0) is 19.3. The number of carbonyl (C=O) groups excluding carboxylic acids is 1. The number of sulfonamides is 1. The summed E-state index contributed by atoms with van der Waals surface area (Å²) in [5.74, 6) is 0.210. The number of aryl methyl sites for hydroxylation is 1. The summed E-state index contributed by atoms with van der Waals surface area (Å²) in [7, 11) is -3.65. The van der Waals surface area contributed by atoms with Gasteiger partial charge in [-0.1, -0.05) is 41.3 Å². The fraction of sp³-hybridized carbons (Fsp3) is 0.312. The normalized spacial score (nSPS) is 12.4. The summed E-state index contributed by atoms with van der Waals surface area (Å²) >= 11 is 2.68. The topological polar surface area (TPSA) is 92.3 Å². The number of hydrogen-bond acceptors (Lipinski definition) is 7. The molecular weight excluding hydrogens is 392 g/mol. The van der Waals surface area contributed by atoms with Gasteiger partial charge in [-0.15, -0.1) is 16.8 Å². The molecule has 7 nitrogen and oxygen atoms in total. The second kappa shape index (κ2) is 8.65. The lowest BCUT2D eigenvalue weighted by Gasteiger charge is -2.28. The van der Waals surface area contributed by atoms with Crippen LogP contribution < -0.4 is 9.62 Å². The van der Waals surface area contributed by atoms with Crippen molar-refractivity contribution in [2.45, 2.75) is 24.2 Å². The van der Waals surface area contributed by atoms with Gasteiger partial charge in [0.05, 0.1) is 11.9 Å². The molecule has 0 bridgehead atoms. The molecule has 2 aromatic rings. The summed E-state index contributed by atoms with van der Waals surface area (Å²) in [5.41, 5.74) is 1.34. The van der Waals surface area contributed by atoms with Crippen LogP contribution in [0.2, 0.25) is 0 Å². The Morgan fingerprint density at radius 3 is 2.81 bits per heavy atom. The van der Waals surface area contributed by atoms with E-state index in [1.807, 2.05) is 13.0 Å². The van der Waals surface area contributed by atoms with E-state index in [1.54, 1.807) is 24.3 Å². The predicted molar refractivity (Wildman–Crippen MR) is 107 cm³/mol. The third-order valence-electron chi connectivity index (χ3n) is 3.31. The smallest absolute Gasteiger partial charge is 0.249 e. The molecule has 26 heavy (non-hydrogen) atoms. The molecule has 0 fully saturated rings. The molecule has 0 aliphatic carbocycles. The van der Waals surface area contributed by atoms with Gasteiger partial charge in [-0.05, 0) is 31.5 Å². The van der Waals surface area contributed by atoms with Crippen molar-refractivity contribution in [3.05, 3.63) is 42.5 Å². The Labute approximate surface area is 161 Å². The van der Waals surface area contributed by atoms with Crippen molar-refractivity contribution in [1.29, 1.82) is 0 Å². The van der Waals surface area contributed by atoms with E-state index in [0.717, 1.165) is 16.1 Å². The highest BCUT2D eigenvalue weighted by atomic mass is 32.2. The lowest BCUT2D eigenvalue weighted by molar-refractivity contribution is -0.116. The first-order valence-electron chi connectivity index (χ1n) is 7.66. The number of anilines is 2. The number of carbonyl (C=O) groups is 1. The van der Waals surface area contributed by atoms with E-state index in [2.05, 4.69) is 22.1 Å². The number of aromatic nitrogens is 2. The van der Waals surface area contributed by atoms with E-state index in [0.29, 0.717) is 20.9 Å². The van der Waals surface area contributed by atoms with Crippen molar-refractivity contribution in [3.8, 4) is 0 Å². The average Bonchev–Trinajstić information content (AvgIpc) is 2.99. The fourth-order valence-electron chi connectivity index (χ4n) is 2.23. The summed E-state index contributed by atoms with van der Waals surface area (Å²) in [6.07, 6.45) is 2.83. The number of hydrogen-bond donors (Lipinski definition) is 1. The number of rotatable bonds is 8. The van der Waals surface area contributed by atoms with Crippen LogP contribution in [0.25, 0.3) is 0 Å². The highest BCUT2D eigenvalue weighted by molar-refractivity contribution is 8.01. The predicted octanol–water partition coefficient (Wildman–Crippen LogP) is 2.92. The monoisotopic (exact) mass is 412 g/mol. The van der Waals surface area contributed by atoms with Crippen LogP contribution in [0.4, 0.5) is 10.8 Å². The van der Waals surface area contributed by atoms with Crippen LogP contribution in [0, 0.1) is 6.92 Å². The summed E-state index contributed by atoms with van der Waals surface area (Å²) in [6, 6.07) is 6.05. The first-order chi connectivity index (χ1) is 12.2. The molecule has 1 atom stereocenters. The third kappa shape index (κ3) is 5.29. The Morgan fingerprint density at radius 1 is 1.46 bits per heavy atom. The first-order valence-corrected chi connectivity index (χ1v) is 11.3. The minimum absolute atomic E-state index is 0.325. The maximum Gasteiger partial charge on any atom is 0.249 e. The Bertz CT molecular complexity index is 896. The van der Waals surface area contributed by atoms with Crippen LogP contribution in [0.3, 0.4) is 0 Å². The van der Waals surface area contributed by atoms with Gasteiger partial charge in [-0.25, -0.2) is 8.42 Å². The fourth-order valence-corrected chi connectivity index (χ4v) is 4.92. The average molecular weight is 413 g/mol. The van der Waals surface area contributed by atoms with E-state index >= 15 is 0 Å². The van der Waals surface area contributed by atoms with Crippen molar-refractivity contribution in [2.24, 2.45) is 0 Å². The van der Waals surface area contributed by atoms with Crippen LogP contribution in [0.1, 0.15) is 12.5 Å². The first kappa shape index (κ1) is 20.4. The number of thioether (sulfide) groups is 1. The van der Waals surface area contributed by atoms with E-state index in [4.69, 9.17) is 0 Å². The molecule has 0 saturated carbocycles. The molecule has 1 heterocycles. The SMILES string of the molecule is C=CCSc1nnc(NC(=O)C(C)N(c2cccc(C)c2)S(C)(=O)=O)s1. The van der Waals surface area contributed by atoms with Gasteiger partial charge >= 0.3 is 0 Å². The summed E-state index contributed by atoms with van der Waals surface area (Å²) in [5, 5.41) is 10.8. The highest BCUT2D eigenvalue weighted by Crippen LogP contribution is 2.26. The lowest BCUT2D eigenvalue weighted by Crippen LogP contribution is -2.45. The van der Waals surface area contributed by atoms with Crippen LogP contribution >= 0.6 is 23.1 Å². The van der Waals surface area contributed by atoms with Crippen molar-refractivity contribution in [2.75, 3.05) is 21.6 Å². The van der Waals surface area contributed by atoms with Crippen LogP contribution in [0.15, 0.2) is 41.3 Å². The molecule has 0 aliphatic heterocycles. The maximum atomic E-state index is 12.6. The van der Waals surface area contributed by atoms with Gasteiger partial charge in [0.1, 0.15) is 6.04 Å². The van der Waals surface area contributed by atoms with Gasteiger partial charge < -0.3 is 0 Å².